The Bertz CT molecular complexity index is 739. The van der Waals surface area contributed by atoms with E-state index < -0.39 is 0 Å². The van der Waals surface area contributed by atoms with Crippen LogP contribution < -0.4 is 5.32 Å². The number of hydrogen-bond donors (Lipinski definition) is 2. The number of amides is 1. The molecule has 7 heteroatoms. The third kappa shape index (κ3) is 5.87. The molecule has 0 aliphatic carbocycles. The van der Waals surface area contributed by atoms with Crippen LogP contribution >= 0.6 is 0 Å². The van der Waals surface area contributed by atoms with E-state index in [0.29, 0.717) is 25.5 Å². The van der Waals surface area contributed by atoms with Gasteiger partial charge in [-0.05, 0) is 62.5 Å². The van der Waals surface area contributed by atoms with Crippen molar-refractivity contribution in [2.45, 2.75) is 32.2 Å². The van der Waals surface area contributed by atoms with E-state index in [1.54, 1.807) is 19.2 Å². The molecule has 0 bridgehead atoms. The smallest absolute Gasteiger partial charge is 0.220 e. The summed E-state index contributed by atoms with van der Waals surface area (Å²) in [4.78, 5) is 14.2. The lowest BCUT2D eigenvalue weighted by molar-refractivity contribution is -0.121. The van der Waals surface area contributed by atoms with E-state index >= 15 is 0 Å². The van der Waals surface area contributed by atoms with Gasteiger partial charge in [-0.2, -0.15) is 5.10 Å². The summed E-state index contributed by atoms with van der Waals surface area (Å²) in [6.07, 6.45) is 5.60. The summed E-state index contributed by atoms with van der Waals surface area (Å²) < 4.78 is 18.1. The Labute approximate surface area is 165 Å². The molecule has 0 unspecified atom stereocenters. The van der Waals surface area contributed by atoms with Crippen LogP contribution in [0.4, 0.5) is 4.39 Å². The molecule has 2 heterocycles. The number of methoxy groups -OCH3 is 1. The quantitative estimate of drug-likeness (QED) is 0.648. The summed E-state index contributed by atoms with van der Waals surface area (Å²) in [5.41, 5.74) is 3.03. The molecule has 1 aliphatic rings. The highest BCUT2D eigenvalue weighted by Crippen LogP contribution is 2.26. The van der Waals surface area contributed by atoms with Crippen molar-refractivity contribution in [3.63, 3.8) is 0 Å². The maximum Gasteiger partial charge on any atom is 0.220 e. The van der Waals surface area contributed by atoms with E-state index in [4.69, 9.17) is 4.74 Å². The average molecular weight is 388 g/mol. The van der Waals surface area contributed by atoms with E-state index in [2.05, 4.69) is 20.4 Å². The van der Waals surface area contributed by atoms with Crippen molar-refractivity contribution >= 4 is 5.91 Å². The maximum absolute atomic E-state index is 13.2. The lowest BCUT2D eigenvalue weighted by atomic mass is 9.91. The van der Waals surface area contributed by atoms with E-state index in [-0.39, 0.29) is 11.7 Å². The van der Waals surface area contributed by atoms with Crippen molar-refractivity contribution in [3.8, 4) is 11.3 Å². The highest BCUT2D eigenvalue weighted by atomic mass is 19.1. The minimum absolute atomic E-state index is 0.113. The number of hydrogen-bond acceptors (Lipinski definition) is 4. The Morgan fingerprint density at radius 2 is 2.07 bits per heavy atom. The molecule has 0 radical (unpaired) electrons. The molecule has 1 aromatic carbocycles. The number of H-pyrrole nitrogens is 1. The number of piperidine rings is 1. The van der Waals surface area contributed by atoms with E-state index in [9.17, 15) is 9.18 Å². The van der Waals surface area contributed by atoms with Crippen molar-refractivity contribution in [2.75, 3.05) is 33.4 Å². The fourth-order valence-electron chi connectivity index (χ4n) is 3.69. The van der Waals surface area contributed by atoms with Crippen LogP contribution in [0, 0.1) is 11.7 Å². The molecule has 2 aromatic rings. The first-order valence-electron chi connectivity index (χ1n) is 9.92. The first-order chi connectivity index (χ1) is 13.7. The van der Waals surface area contributed by atoms with Gasteiger partial charge in [0.15, 0.2) is 0 Å². The number of nitrogens with zero attached hydrogens (tertiary/aromatic N) is 2. The van der Waals surface area contributed by atoms with Crippen molar-refractivity contribution in [1.82, 2.24) is 20.4 Å². The molecule has 1 saturated heterocycles. The zero-order valence-corrected chi connectivity index (χ0v) is 16.4. The van der Waals surface area contributed by atoms with Crippen LogP contribution in [0.3, 0.4) is 0 Å². The molecule has 3 rings (SSSR count). The number of ether oxygens (including phenoxy) is 1. The fraction of sp³-hybridized carbons (Fsp3) is 0.524. The first-order valence-corrected chi connectivity index (χ1v) is 9.92. The van der Waals surface area contributed by atoms with Gasteiger partial charge in [-0.25, -0.2) is 4.39 Å². The summed E-state index contributed by atoms with van der Waals surface area (Å²) in [6, 6.07) is 6.49. The van der Waals surface area contributed by atoms with Crippen LogP contribution in [0.15, 0.2) is 30.5 Å². The van der Waals surface area contributed by atoms with Crippen LogP contribution in [-0.2, 0) is 16.1 Å². The molecule has 1 aromatic heterocycles. The molecule has 1 fully saturated rings. The molecule has 152 valence electrons. The van der Waals surface area contributed by atoms with Crippen LogP contribution in [-0.4, -0.2) is 54.4 Å². The summed E-state index contributed by atoms with van der Waals surface area (Å²) in [7, 11) is 1.63. The molecular formula is C21H29FN4O2. The second-order valence-electron chi connectivity index (χ2n) is 7.38. The minimum atomic E-state index is -0.237. The largest absolute Gasteiger partial charge is 0.383 e. The van der Waals surface area contributed by atoms with Crippen LogP contribution in [0.5, 0.6) is 0 Å². The number of benzene rings is 1. The van der Waals surface area contributed by atoms with Gasteiger partial charge in [0, 0.05) is 37.7 Å². The maximum atomic E-state index is 13.2. The van der Waals surface area contributed by atoms with Crippen molar-refractivity contribution in [1.29, 1.82) is 0 Å². The molecule has 1 aliphatic heterocycles. The van der Waals surface area contributed by atoms with E-state index in [1.807, 2.05) is 6.20 Å². The number of aromatic amines is 1. The second kappa shape index (κ2) is 10.3. The molecule has 1 amide bonds. The standard InChI is InChI=1S/C21H29FN4O2/c1-28-13-10-23-20(27)7-2-16-8-11-26(12-9-16)15-18-14-24-25-21(18)17-3-5-19(22)6-4-17/h3-6,14,16H,2,7-13,15H2,1H3,(H,23,27)(H,24,25). The van der Waals surface area contributed by atoms with Gasteiger partial charge in [0.2, 0.25) is 5.91 Å². The van der Waals surface area contributed by atoms with E-state index in [1.165, 1.54) is 12.1 Å². The Hall–Kier alpha value is -2.25. The highest BCUT2D eigenvalue weighted by molar-refractivity contribution is 5.75. The van der Waals surface area contributed by atoms with Crippen molar-refractivity contribution in [2.24, 2.45) is 5.92 Å². The normalized spacial score (nSPS) is 15.6. The van der Waals surface area contributed by atoms with Gasteiger partial charge in [0.05, 0.1) is 18.5 Å². The number of likely N-dealkylation sites (tertiary alicyclic amines) is 1. The number of rotatable bonds is 9. The van der Waals surface area contributed by atoms with Crippen LogP contribution in [0.25, 0.3) is 11.3 Å². The Balaban J connectivity index is 1.43. The van der Waals surface area contributed by atoms with Gasteiger partial charge in [-0.3, -0.25) is 14.8 Å². The van der Waals surface area contributed by atoms with Gasteiger partial charge in [0.1, 0.15) is 5.82 Å². The predicted octanol–water partition coefficient (Wildman–Crippen LogP) is 2.97. The van der Waals surface area contributed by atoms with Gasteiger partial charge in [-0.1, -0.05) is 0 Å². The molecule has 0 spiro atoms. The van der Waals surface area contributed by atoms with Crippen LogP contribution in [0.1, 0.15) is 31.2 Å². The molecule has 2 N–H and O–H groups in total. The number of halogens is 1. The molecule has 0 atom stereocenters. The van der Waals surface area contributed by atoms with Crippen LogP contribution in [0.2, 0.25) is 0 Å². The summed E-state index contributed by atoms with van der Waals surface area (Å²) in [5, 5.41) is 10.1. The molecule has 6 nitrogen and oxygen atoms in total. The van der Waals surface area contributed by atoms with Gasteiger partial charge < -0.3 is 10.1 Å². The molecular weight excluding hydrogens is 359 g/mol. The first kappa shape index (κ1) is 20.5. The SMILES string of the molecule is COCCNC(=O)CCC1CCN(Cc2cn[nH]c2-c2ccc(F)cc2)CC1. The van der Waals surface area contributed by atoms with E-state index in [0.717, 1.165) is 55.7 Å². The lowest BCUT2D eigenvalue weighted by Gasteiger charge is -2.31. The van der Waals surface area contributed by atoms with Crippen molar-refractivity contribution < 1.29 is 13.9 Å². The van der Waals surface area contributed by atoms with Crippen molar-refractivity contribution in [3.05, 3.63) is 41.8 Å². The average Bonchev–Trinajstić information content (AvgIpc) is 3.16. The number of aromatic nitrogens is 2. The topological polar surface area (TPSA) is 70.2 Å². The minimum Gasteiger partial charge on any atom is -0.383 e. The summed E-state index contributed by atoms with van der Waals surface area (Å²) in [6.45, 7) is 3.99. The summed E-state index contributed by atoms with van der Waals surface area (Å²) in [5.74, 6) is 0.478. The summed E-state index contributed by atoms with van der Waals surface area (Å²) >= 11 is 0. The third-order valence-corrected chi connectivity index (χ3v) is 5.36. The predicted molar refractivity (Wildman–Crippen MR) is 106 cm³/mol. The second-order valence-corrected chi connectivity index (χ2v) is 7.38. The third-order valence-electron chi connectivity index (χ3n) is 5.36. The molecule has 28 heavy (non-hydrogen) atoms. The van der Waals surface area contributed by atoms with Gasteiger partial charge >= 0.3 is 0 Å². The lowest BCUT2D eigenvalue weighted by Crippen LogP contribution is -2.34. The highest BCUT2D eigenvalue weighted by Gasteiger charge is 2.21. The van der Waals surface area contributed by atoms with Gasteiger partial charge in [-0.15, -0.1) is 0 Å². The zero-order chi connectivity index (χ0) is 19.8. The number of nitrogens with one attached hydrogen (secondary N) is 2. The zero-order valence-electron chi connectivity index (χ0n) is 16.4. The molecule has 0 saturated carbocycles. The Kier molecular flexibility index (Phi) is 7.56. The Morgan fingerprint density at radius 3 is 2.79 bits per heavy atom. The number of carbonyl (C=O) groups is 1. The fourth-order valence-corrected chi connectivity index (χ4v) is 3.69. The Morgan fingerprint density at radius 1 is 1.32 bits per heavy atom. The van der Waals surface area contributed by atoms with Gasteiger partial charge in [0.25, 0.3) is 0 Å². The number of carbonyl (C=O) groups excluding carboxylic acids is 1. The monoisotopic (exact) mass is 388 g/mol.